The minimum absolute atomic E-state index is 0.0451. The smallest absolute Gasteiger partial charge is 0.240 e. The number of amides is 1. The Morgan fingerprint density at radius 2 is 2.20 bits per heavy atom. The second-order valence-corrected chi connectivity index (χ2v) is 5.69. The van der Waals surface area contributed by atoms with Crippen LogP contribution in [-0.2, 0) is 4.79 Å². The first-order chi connectivity index (χ1) is 9.53. The van der Waals surface area contributed by atoms with Crippen molar-refractivity contribution in [3.8, 4) is 0 Å². The predicted molar refractivity (Wildman–Crippen MR) is 80.5 cm³/mol. The van der Waals surface area contributed by atoms with E-state index < -0.39 is 5.54 Å². The molecule has 1 aromatic rings. The Hall–Kier alpha value is -1.62. The first-order valence-corrected chi connectivity index (χ1v) is 7.29. The molecule has 0 aromatic carbocycles. The van der Waals surface area contributed by atoms with Crippen molar-refractivity contribution in [3.63, 3.8) is 0 Å². The fraction of sp³-hybridized carbons (Fsp3) is 0.600. The third-order valence-corrected chi connectivity index (χ3v) is 4.06. The number of pyridine rings is 1. The van der Waals surface area contributed by atoms with Gasteiger partial charge in [-0.25, -0.2) is 4.98 Å². The lowest BCUT2D eigenvalue weighted by molar-refractivity contribution is -0.126. The Balaban J connectivity index is 1.85. The highest BCUT2D eigenvalue weighted by atomic mass is 16.2. The molecule has 1 unspecified atom stereocenters. The molecule has 1 atom stereocenters. The molecule has 20 heavy (non-hydrogen) atoms. The van der Waals surface area contributed by atoms with Crippen LogP contribution in [0.4, 0.5) is 5.82 Å². The average Bonchev–Trinajstić information content (AvgIpc) is 2.49. The third-order valence-electron chi connectivity index (χ3n) is 4.06. The highest BCUT2D eigenvalue weighted by Crippen LogP contribution is 2.18. The van der Waals surface area contributed by atoms with Gasteiger partial charge in [-0.1, -0.05) is 13.0 Å². The second-order valence-electron chi connectivity index (χ2n) is 5.69. The standard InChI is InChI=1S/C15H24N4O/c1-3-15(2,16)14(20)18-12-7-10-19(11-8-12)13-6-4-5-9-17-13/h4-6,9,12H,3,7-8,10-11,16H2,1-2H3,(H,18,20). The molecule has 1 amide bonds. The lowest BCUT2D eigenvalue weighted by Gasteiger charge is -2.34. The summed E-state index contributed by atoms with van der Waals surface area (Å²) in [7, 11) is 0. The summed E-state index contributed by atoms with van der Waals surface area (Å²) < 4.78 is 0. The zero-order valence-corrected chi connectivity index (χ0v) is 12.3. The summed E-state index contributed by atoms with van der Waals surface area (Å²) >= 11 is 0. The summed E-state index contributed by atoms with van der Waals surface area (Å²) in [5, 5.41) is 3.07. The molecule has 110 valence electrons. The van der Waals surface area contributed by atoms with Crippen LogP contribution < -0.4 is 16.0 Å². The number of nitrogens with two attached hydrogens (primary N) is 1. The molecule has 3 N–H and O–H groups in total. The second kappa shape index (κ2) is 6.22. The van der Waals surface area contributed by atoms with Crippen LogP contribution in [0.1, 0.15) is 33.1 Å². The van der Waals surface area contributed by atoms with Gasteiger partial charge in [0, 0.05) is 25.3 Å². The number of carbonyl (C=O) groups is 1. The Labute approximate surface area is 120 Å². The molecule has 0 spiro atoms. The number of nitrogens with zero attached hydrogens (tertiary/aromatic N) is 2. The molecule has 1 aromatic heterocycles. The van der Waals surface area contributed by atoms with Crippen molar-refractivity contribution in [1.82, 2.24) is 10.3 Å². The summed E-state index contributed by atoms with van der Waals surface area (Å²) in [6, 6.07) is 6.16. The van der Waals surface area contributed by atoms with Crippen molar-refractivity contribution in [2.24, 2.45) is 5.73 Å². The Morgan fingerprint density at radius 3 is 2.75 bits per heavy atom. The molecule has 0 aliphatic carbocycles. The third kappa shape index (κ3) is 3.48. The van der Waals surface area contributed by atoms with E-state index in [0.29, 0.717) is 6.42 Å². The molecule has 0 saturated carbocycles. The van der Waals surface area contributed by atoms with Crippen LogP contribution in [-0.4, -0.2) is 35.6 Å². The molecule has 5 nitrogen and oxygen atoms in total. The van der Waals surface area contributed by atoms with Gasteiger partial charge in [0.15, 0.2) is 0 Å². The Kier molecular flexibility index (Phi) is 4.60. The van der Waals surface area contributed by atoms with Crippen LogP contribution >= 0.6 is 0 Å². The van der Waals surface area contributed by atoms with E-state index in [-0.39, 0.29) is 11.9 Å². The monoisotopic (exact) mass is 276 g/mol. The zero-order chi connectivity index (χ0) is 14.6. The molecule has 1 aliphatic heterocycles. The van der Waals surface area contributed by atoms with Gasteiger partial charge in [0.05, 0.1) is 5.54 Å². The normalized spacial score (nSPS) is 19.4. The Morgan fingerprint density at radius 1 is 1.50 bits per heavy atom. The first-order valence-electron chi connectivity index (χ1n) is 7.29. The van der Waals surface area contributed by atoms with Crippen LogP contribution in [0.15, 0.2) is 24.4 Å². The van der Waals surface area contributed by atoms with E-state index in [0.717, 1.165) is 31.7 Å². The van der Waals surface area contributed by atoms with E-state index in [9.17, 15) is 4.79 Å². The van der Waals surface area contributed by atoms with Gasteiger partial charge < -0.3 is 16.0 Å². The number of piperidine rings is 1. The molecule has 1 fully saturated rings. The van der Waals surface area contributed by atoms with Crippen LogP contribution in [0.3, 0.4) is 0 Å². The van der Waals surface area contributed by atoms with Crippen molar-refractivity contribution in [2.45, 2.75) is 44.7 Å². The molecule has 2 rings (SSSR count). The lowest BCUT2D eigenvalue weighted by atomic mass is 9.97. The van der Waals surface area contributed by atoms with Gasteiger partial charge in [0.25, 0.3) is 0 Å². The molecule has 1 saturated heterocycles. The number of nitrogens with one attached hydrogen (secondary N) is 1. The number of hydrogen-bond donors (Lipinski definition) is 2. The van der Waals surface area contributed by atoms with Crippen LogP contribution in [0, 0.1) is 0 Å². The lowest BCUT2D eigenvalue weighted by Crippen LogP contribution is -2.55. The predicted octanol–water partition coefficient (Wildman–Crippen LogP) is 1.29. The molecular weight excluding hydrogens is 252 g/mol. The van der Waals surface area contributed by atoms with E-state index in [2.05, 4.69) is 15.2 Å². The van der Waals surface area contributed by atoms with Gasteiger partial charge in [0.1, 0.15) is 5.82 Å². The van der Waals surface area contributed by atoms with Crippen LogP contribution in [0.25, 0.3) is 0 Å². The number of rotatable bonds is 4. The Bertz CT molecular complexity index is 438. The number of carbonyl (C=O) groups excluding carboxylic acids is 1. The topological polar surface area (TPSA) is 71.2 Å². The maximum absolute atomic E-state index is 12.1. The van der Waals surface area contributed by atoms with Gasteiger partial charge in [-0.2, -0.15) is 0 Å². The summed E-state index contributed by atoms with van der Waals surface area (Å²) in [4.78, 5) is 18.7. The van der Waals surface area contributed by atoms with E-state index in [1.807, 2.05) is 31.3 Å². The highest BCUT2D eigenvalue weighted by Gasteiger charge is 2.29. The minimum Gasteiger partial charge on any atom is -0.356 e. The fourth-order valence-electron chi connectivity index (χ4n) is 2.30. The van der Waals surface area contributed by atoms with E-state index in [4.69, 9.17) is 5.73 Å². The van der Waals surface area contributed by atoms with Crippen molar-refractivity contribution >= 4 is 11.7 Å². The zero-order valence-electron chi connectivity index (χ0n) is 12.3. The minimum atomic E-state index is -0.766. The molecule has 5 heteroatoms. The van der Waals surface area contributed by atoms with Crippen molar-refractivity contribution in [1.29, 1.82) is 0 Å². The largest absolute Gasteiger partial charge is 0.356 e. The quantitative estimate of drug-likeness (QED) is 0.869. The van der Waals surface area contributed by atoms with Gasteiger partial charge in [0.2, 0.25) is 5.91 Å². The van der Waals surface area contributed by atoms with Gasteiger partial charge in [-0.3, -0.25) is 4.79 Å². The molecular formula is C15H24N4O. The summed E-state index contributed by atoms with van der Waals surface area (Å²) in [5.41, 5.74) is 5.20. The van der Waals surface area contributed by atoms with Gasteiger partial charge >= 0.3 is 0 Å². The highest BCUT2D eigenvalue weighted by molar-refractivity contribution is 5.85. The van der Waals surface area contributed by atoms with Gasteiger partial charge in [-0.05, 0) is 38.3 Å². The van der Waals surface area contributed by atoms with E-state index in [1.165, 1.54) is 0 Å². The van der Waals surface area contributed by atoms with Crippen molar-refractivity contribution in [3.05, 3.63) is 24.4 Å². The molecule has 1 aliphatic rings. The summed E-state index contributed by atoms with van der Waals surface area (Å²) in [6.45, 7) is 5.54. The first kappa shape index (κ1) is 14.8. The van der Waals surface area contributed by atoms with Crippen LogP contribution in [0.5, 0.6) is 0 Å². The molecule has 0 bridgehead atoms. The van der Waals surface area contributed by atoms with Gasteiger partial charge in [-0.15, -0.1) is 0 Å². The van der Waals surface area contributed by atoms with Crippen molar-refractivity contribution < 1.29 is 4.79 Å². The van der Waals surface area contributed by atoms with E-state index >= 15 is 0 Å². The maximum atomic E-state index is 12.1. The van der Waals surface area contributed by atoms with Crippen LogP contribution in [0.2, 0.25) is 0 Å². The number of aromatic nitrogens is 1. The molecule has 0 radical (unpaired) electrons. The summed E-state index contributed by atoms with van der Waals surface area (Å²) in [6.07, 6.45) is 4.32. The van der Waals surface area contributed by atoms with E-state index in [1.54, 1.807) is 6.92 Å². The fourth-order valence-corrected chi connectivity index (χ4v) is 2.30. The summed E-state index contributed by atoms with van der Waals surface area (Å²) in [5.74, 6) is 0.964. The maximum Gasteiger partial charge on any atom is 0.240 e. The van der Waals surface area contributed by atoms with Crippen molar-refractivity contribution in [2.75, 3.05) is 18.0 Å². The number of hydrogen-bond acceptors (Lipinski definition) is 4. The number of anilines is 1. The SMILES string of the molecule is CCC(C)(N)C(=O)NC1CCN(c2ccccn2)CC1. The molecule has 2 heterocycles. The average molecular weight is 276 g/mol.